The minimum Gasteiger partial charge on any atom is -0.306 e. The van der Waals surface area contributed by atoms with Crippen molar-refractivity contribution in [2.24, 2.45) is 4.99 Å². The normalized spacial score (nSPS) is 24.0. The third-order valence-electron chi connectivity index (χ3n) is 1.93. The molecule has 0 saturated heterocycles. The first-order valence-corrected chi connectivity index (χ1v) is 5.01. The molecule has 11 heavy (non-hydrogen) atoms. The van der Waals surface area contributed by atoms with Crippen LogP contribution in [-0.2, 0) is 11.1 Å². The first-order chi connectivity index (χ1) is 5.22. The second kappa shape index (κ2) is 3.97. The van der Waals surface area contributed by atoms with Crippen LogP contribution in [-0.4, -0.2) is 26.3 Å². The molecule has 1 aliphatic heterocycles. The molecule has 0 radical (unpaired) electrons. The molecule has 0 aromatic carbocycles. The van der Waals surface area contributed by atoms with Crippen LogP contribution in [0.1, 0.15) is 26.2 Å². The van der Waals surface area contributed by atoms with Crippen LogP contribution in [0, 0.1) is 0 Å². The molecule has 0 spiro atoms. The van der Waals surface area contributed by atoms with Crippen LogP contribution < -0.4 is 0 Å². The van der Waals surface area contributed by atoms with E-state index < -0.39 is 11.1 Å². The van der Waals surface area contributed by atoms with E-state index in [0.29, 0.717) is 0 Å². The molecule has 2 atom stereocenters. The fourth-order valence-electron chi connectivity index (χ4n) is 1.17. The summed E-state index contributed by atoms with van der Waals surface area (Å²) < 4.78 is 19.4. The highest BCUT2D eigenvalue weighted by atomic mass is 32.2. The number of hydrogen-bond donors (Lipinski definition) is 1. The van der Waals surface area contributed by atoms with Gasteiger partial charge in [0.15, 0.2) is 11.1 Å². The second-order valence-corrected chi connectivity index (χ2v) is 4.01. The number of hydrogen-bond acceptors (Lipinski definition) is 2. The van der Waals surface area contributed by atoms with Gasteiger partial charge in [0.05, 0.1) is 5.25 Å². The Kier molecular flexibility index (Phi) is 3.20. The van der Waals surface area contributed by atoms with Crippen molar-refractivity contribution in [1.29, 1.82) is 0 Å². The largest absolute Gasteiger partial charge is 0.306 e. The summed E-state index contributed by atoms with van der Waals surface area (Å²) in [5, 5.41) is -0.268. The maximum atomic E-state index is 10.6. The summed E-state index contributed by atoms with van der Waals surface area (Å²) in [7, 11) is 0. The zero-order chi connectivity index (χ0) is 8.27. The Balaban J connectivity index is 2.58. The number of aliphatic imine (C=N–C) groups is 1. The lowest BCUT2D eigenvalue weighted by atomic mass is 10.1. The quantitative estimate of drug-likeness (QED) is 0.641. The first kappa shape index (κ1) is 8.87. The second-order valence-electron chi connectivity index (χ2n) is 2.75. The molecule has 1 heterocycles. The highest BCUT2D eigenvalue weighted by Gasteiger charge is 2.17. The molecule has 0 aromatic rings. The Hall–Kier alpha value is -0.220. The molecule has 2 unspecified atom stereocenters. The SMILES string of the molecule is CC(C1=NCCCC1)S(=O)O. The zero-order valence-electron chi connectivity index (χ0n) is 6.62. The minimum atomic E-state index is -1.74. The van der Waals surface area contributed by atoms with Crippen molar-refractivity contribution in [3.63, 3.8) is 0 Å². The number of rotatable bonds is 2. The summed E-state index contributed by atoms with van der Waals surface area (Å²) in [6, 6.07) is 0. The van der Waals surface area contributed by atoms with Crippen LogP contribution in [0.4, 0.5) is 0 Å². The summed E-state index contributed by atoms with van der Waals surface area (Å²) in [4.78, 5) is 4.21. The average molecular weight is 175 g/mol. The lowest BCUT2D eigenvalue weighted by Gasteiger charge is -2.14. The van der Waals surface area contributed by atoms with E-state index >= 15 is 0 Å². The maximum Gasteiger partial charge on any atom is 0.161 e. The summed E-state index contributed by atoms with van der Waals surface area (Å²) in [5.74, 6) is 0. The highest BCUT2D eigenvalue weighted by Crippen LogP contribution is 2.11. The van der Waals surface area contributed by atoms with E-state index in [1.807, 2.05) is 0 Å². The summed E-state index contributed by atoms with van der Waals surface area (Å²) in [6.07, 6.45) is 3.13. The van der Waals surface area contributed by atoms with Gasteiger partial charge in [-0.15, -0.1) is 0 Å². The first-order valence-electron chi connectivity index (χ1n) is 3.84. The van der Waals surface area contributed by atoms with E-state index in [9.17, 15) is 4.21 Å². The molecule has 1 aliphatic rings. The Morgan fingerprint density at radius 2 is 2.36 bits per heavy atom. The summed E-state index contributed by atoms with van der Waals surface area (Å²) in [5.41, 5.74) is 0.914. The van der Waals surface area contributed by atoms with Gasteiger partial charge in [0.25, 0.3) is 0 Å². The van der Waals surface area contributed by atoms with Crippen molar-refractivity contribution < 1.29 is 8.76 Å². The highest BCUT2D eigenvalue weighted by molar-refractivity contribution is 7.80. The molecule has 0 fully saturated rings. The van der Waals surface area contributed by atoms with Gasteiger partial charge in [-0.1, -0.05) is 0 Å². The van der Waals surface area contributed by atoms with Crippen LogP contribution in [0.2, 0.25) is 0 Å². The van der Waals surface area contributed by atoms with Gasteiger partial charge in [-0.3, -0.25) is 4.99 Å². The molecule has 0 bridgehead atoms. The van der Waals surface area contributed by atoms with Gasteiger partial charge in [0.1, 0.15) is 0 Å². The molecule has 64 valence electrons. The molecule has 3 nitrogen and oxygen atoms in total. The molecular weight excluding hydrogens is 162 g/mol. The number of nitrogens with zero attached hydrogens (tertiary/aromatic N) is 1. The van der Waals surface area contributed by atoms with Gasteiger partial charge in [-0.25, -0.2) is 4.21 Å². The monoisotopic (exact) mass is 175 g/mol. The third kappa shape index (κ3) is 2.38. The maximum absolute atomic E-state index is 10.6. The molecule has 1 rings (SSSR count). The summed E-state index contributed by atoms with van der Waals surface area (Å²) >= 11 is -1.74. The van der Waals surface area contributed by atoms with Crippen molar-refractivity contribution in [2.75, 3.05) is 6.54 Å². The van der Waals surface area contributed by atoms with Crippen LogP contribution >= 0.6 is 0 Å². The van der Waals surface area contributed by atoms with E-state index in [1.54, 1.807) is 6.92 Å². The fourth-order valence-corrected chi connectivity index (χ4v) is 1.59. The predicted octanol–water partition coefficient (Wildman–Crippen LogP) is 1.22. The van der Waals surface area contributed by atoms with Crippen molar-refractivity contribution in [2.45, 2.75) is 31.4 Å². The van der Waals surface area contributed by atoms with E-state index in [1.165, 1.54) is 0 Å². The Morgan fingerprint density at radius 1 is 1.64 bits per heavy atom. The lowest BCUT2D eigenvalue weighted by Crippen LogP contribution is -2.24. The van der Waals surface area contributed by atoms with Crippen molar-refractivity contribution in [1.82, 2.24) is 0 Å². The fraction of sp³-hybridized carbons (Fsp3) is 0.857. The Morgan fingerprint density at radius 3 is 2.82 bits per heavy atom. The molecule has 1 N–H and O–H groups in total. The van der Waals surface area contributed by atoms with Gasteiger partial charge in [-0.05, 0) is 26.2 Å². The third-order valence-corrected chi connectivity index (χ3v) is 2.80. The van der Waals surface area contributed by atoms with Crippen LogP contribution in [0.25, 0.3) is 0 Å². The van der Waals surface area contributed by atoms with Gasteiger partial charge in [0, 0.05) is 12.3 Å². The van der Waals surface area contributed by atoms with Crippen LogP contribution in [0.5, 0.6) is 0 Å². The van der Waals surface area contributed by atoms with Crippen LogP contribution in [0.15, 0.2) is 4.99 Å². The molecule has 0 aromatic heterocycles. The van der Waals surface area contributed by atoms with Gasteiger partial charge >= 0.3 is 0 Å². The standard InChI is InChI=1S/C7H13NO2S/c1-6(11(9)10)7-4-2-3-5-8-7/h6H,2-5H2,1H3,(H,9,10). The van der Waals surface area contributed by atoms with E-state index in [2.05, 4.69) is 4.99 Å². The smallest absolute Gasteiger partial charge is 0.161 e. The van der Waals surface area contributed by atoms with Gasteiger partial charge in [0.2, 0.25) is 0 Å². The molecular formula is C7H13NO2S. The summed E-state index contributed by atoms with van der Waals surface area (Å²) in [6.45, 7) is 2.58. The predicted molar refractivity (Wildman–Crippen MR) is 46.4 cm³/mol. The Bertz CT molecular complexity index is 191. The van der Waals surface area contributed by atoms with Crippen LogP contribution in [0.3, 0.4) is 0 Å². The molecule has 0 saturated carbocycles. The van der Waals surface area contributed by atoms with Crippen molar-refractivity contribution in [3.05, 3.63) is 0 Å². The zero-order valence-corrected chi connectivity index (χ0v) is 7.43. The van der Waals surface area contributed by atoms with Crippen molar-refractivity contribution in [3.8, 4) is 0 Å². The van der Waals surface area contributed by atoms with Gasteiger partial charge < -0.3 is 4.55 Å². The van der Waals surface area contributed by atoms with Gasteiger partial charge in [-0.2, -0.15) is 0 Å². The molecule has 0 aliphatic carbocycles. The lowest BCUT2D eigenvalue weighted by molar-refractivity contribution is 0.559. The average Bonchev–Trinajstić information content (AvgIpc) is 2.05. The van der Waals surface area contributed by atoms with E-state index in [4.69, 9.17) is 4.55 Å². The Labute approximate surface area is 69.2 Å². The molecule has 0 amide bonds. The minimum absolute atomic E-state index is 0.268. The molecule has 4 heteroatoms. The topological polar surface area (TPSA) is 49.7 Å². The van der Waals surface area contributed by atoms with E-state index in [0.717, 1.165) is 31.5 Å². The van der Waals surface area contributed by atoms with E-state index in [-0.39, 0.29) is 5.25 Å². The van der Waals surface area contributed by atoms with Crippen molar-refractivity contribution >= 4 is 16.8 Å².